The Kier molecular flexibility index (Phi) is 5.74. The normalized spacial score (nSPS) is 14.7. The van der Waals surface area contributed by atoms with E-state index in [1.807, 2.05) is 6.92 Å². The van der Waals surface area contributed by atoms with Crippen LogP contribution in [0.5, 0.6) is 0 Å². The highest BCUT2D eigenvalue weighted by atomic mass is 79.9. The molecule has 0 atom stereocenters. The van der Waals surface area contributed by atoms with Gasteiger partial charge in [-0.1, -0.05) is 45.8 Å². The van der Waals surface area contributed by atoms with Crippen LogP contribution in [0, 0.1) is 6.92 Å². The van der Waals surface area contributed by atoms with Crippen LogP contribution in [-0.4, -0.2) is 26.1 Å². The standard InChI is InChI=1S/C9H10BrN.C7H8O3S/c10-9-3-1-2-7(4-9)8-5-11-6-8;1-6-2-4-7(5-3-6)11(8,9)10/h1-4,8,11H,5-6H2;2-5H,1H3,(H,8,9,10). The van der Waals surface area contributed by atoms with Gasteiger partial charge in [0.2, 0.25) is 0 Å². The van der Waals surface area contributed by atoms with E-state index in [0.717, 1.165) is 24.6 Å². The van der Waals surface area contributed by atoms with Gasteiger partial charge in [0.15, 0.2) is 0 Å². The Hall–Kier alpha value is -1.21. The van der Waals surface area contributed by atoms with Crippen LogP contribution in [0.4, 0.5) is 0 Å². The molecule has 0 saturated carbocycles. The van der Waals surface area contributed by atoms with Crippen LogP contribution in [-0.2, 0) is 10.1 Å². The van der Waals surface area contributed by atoms with Crippen molar-refractivity contribution in [2.24, 2.45) is 0 Å². The van der Waals surface area contributed by atoms with E-state index in [0.29, 0.717) is 0 Å². The van der Waals surface area contributed by atoms with Gasteiger partial charge in [0.25, 0.3) is 10.1 Å². The molecule has 22 heavy (non-hydrogen) atoms. The van der Waals surface area contributed by atoms with Gasteiger partial charge in [-0.15, -0.1) is 0 Å². The molecule has 0 aliphatic carbocycles. The average Bonchev–Trinajstić information content (AvgIpc) is 2.37. The molecule has 2 aromatic rings. The van der Waals surface area contributed by atoms with Gasteiger partial charge < -0.3 is 5.32 Å². The van der Waals surface area contributed by atoms with E-state index in [1.165, 1.54) is 22.2 Å². The van der Waals surface area contributed by atoms with Gasteiger partial charge in [0.05, 0.1) is 4.90 Å². The van der Waals surface area contributed by atoms with Gasteiger partial charge in [-0.05, 0) is 36.8 Å². The predicted molar refractivity (Wildman–Crippen MR) is 90.7 cm³/mol. The molecule has 1 aliphatic heterocycles. The Balaban J connectivity index is 0.000000160. The Morgan fingerprint density at radius 3 is 2.23 bits per heavy atom. The van der Waals surface area contributed by atoms with Gasteiger partial charge in [0.1, 0.15) is 0 Å². The van der Waals surface area contributed by atoms with Crippen molar-refractivity contribution in [3.05, 3.63) is 64.1 Å². The second kappa shape index (κ2) is 7.37. The number of rotatable bonds is 2. The lowest BCUT2D eigenvalue weighted by Crippen LogP contribution is -2.39. The lowest BCUT2D eigenvalue weighted by molar-refractivity contribution is 0.448. The Labute approximate surface area is 139 Å². The highest BCUT2D eigenvalue weighted by Gasteiger charge is 2.18. The molecule has 0 radical (unpaired) electrons. The van der Waals surface area contributed by atoms with Crippen LogP contribution in [0.3, 0.4) is 0 Å². The van der Waals surface area contributed by atoms with E-state index >= 15 is 0 Å². The lowest BCUT2D eigenvalue weighted by Gasteiger charge is -2.27. The molecule has 0 spiro atoms. The van der Waals surface area contributed by atoms with Crippen molar-refractivity contribution >= 4 is 26.0 Å². The first-order valence-corrected chi connectivity index (χ1v) is 9.10. The quantitative estimate of drug-likeness (QED) is 0.780. The fraction of sp³-hybridized carbons (Fsp3) is 0.250. The number of halogens is 1. The summed E-state index contributed by atoms with van der Waals surface area (Å²) in [5, 5.41) is 3.26. The van der Waals surface area contributed by atoms with E-state index in [4.69, 9.17) is 4.55 Å². The summed E-state index contributed by atoms with van der Waals surface area (Å²) in [5.41, 5.74) is 2.40. The minimum Gasteiger partial charge on any atom is -0.315 e. The maximum absolute atomic E-state index is 10.5. The molecule has 118 valence electrons. The number of hydrogen-bond acceptors (Lipinski definition) is 3. The van der Waals surface area contributed by atoms with Crippen molar-refractivity contribution in [2.45, 2.75) is 17.7 Å². The van der Waals surface area contributed by atoms with Crippen LogP contribution < -0.4 is 5.32 Å². The Morgan fingerprint density at radius 1 is 1.14 bits per heavy atom. The molecular formula is C16H18BrNO3S. The van der Waals surface area contributed by atoms with E-state index in [-0.39, 0.29) is 4.90 Å². The first-order chi connectivity index (χ1) is 10.4. The van der Waals surface area contributed by atoms with Gasteiger partial charge in [-0.2, -0.15) is 8.42 Å². The maximum Gasteiger partial charge on any atom is 0.294 e. The monoisotopic (exact) mass is 383 g/mol. The van der Waals surface area contributed by atoms with Crippen molar-refractivity contribution in [2.75, 3.05) is 13.1 Å². The van der Waals surface area contributed by atoms with Gasteiger partial charge in [0, 0.05) is 23.5 Å². The summed E-state index contributed by atoms with van der Waals surface area (Å²) < 4.78 is 30.7. The first kappa shape index (κ1) is 17.1. The van der Waals surface area contributed by atoms with Gasteiger partial charge in [-0.25, -0.2) is 0 Å². The van der Waals surface area contributed by atoms with Crippen LogP contribution in [0.1, 0.15) is 17.0 Å². The molecule has 1 heterocycles. The number of nitrogens with one attached hydrogen (secondary N) is 1. The number of benzene rings is 2. The zero-order valence-electron chi connectivity index (χ0n) is 12.2. The molecule has 1 fully saturated rings. The highest BCUT2D eigenvalue weighted by molar-refractivity contribution is 9.10. The SMILES string of the molecule is Brc1cccc(C2CNC2)c1.Cc1ccc(S(=O)(=O)O)cc1. The molecule has 0 unspecified atom stereocenters. The molecule has 3 rings (SSSR count). The molecule has 0 aromatic heterocycles. The van der Waals surface area contributed by atoms with E-state index < -0.39 is 10.1 Å². The minimum atomic E-state index is -4.02. The zero-order chi connectivity index (χ0) is 16.2. The van der Waals surface area contributed by atoms with Gasteiger partial charge >= 0.3 is 0 Å². The fourth-order valence-corrected chi connectivity index (χ4v) is 2.89. The minimum absolute atomic E-state index is 0.0666. The molecule has 2 aromatic carbocycles. The molecule has 0 amide bonds. The van der Waals surface area contributed by atoms with Gasteiger partial charge in [-0.3, -0.25) is 4.55 Å². The Morgan fingerprint density at radius 2 is 1.77 bits per heavy atom. The smallest absolute Gasteiger partial charge is 0.294 e. The van der Waals surface area contributed by atoms with Crippen LogP contribution >= 0.6 is 15.9 Å². The summed E-state index contributed by atoms with van der Waals surface area (Å²) in [4.78, 5) is -0.0666. The molecule has 6 heteroatoms. The summed E-state index contributed by atoms with van der Waals surface area (Å²) in [5.74, 6) is 0.743. The third-order valence-electron chi connectivity index (χ3n) is 3.42. The first-order valence-electron chi connectivity index (χ1n) is 6.86. The third kappa shape index (κ3) is 4.91. The van der Waals surface area contributed by atoms with Crippen molar-refractivity contribution in [1.29, 1.82) is 0 Å². The Bertz CT molecular complexity index is 725. The molecule has 2 N–H and O–H groups in total. The van der Waals surface area contributed by atoms with E-state index in [2.05, 4.69) is 45.5 Å². The highest BCUT2D eigenvalue weighted by Crippen LogP contribution is 2.22. The van der Waals surface area contributed by atoms with E-state index in [9.17, 15) is 8.42 Å². The number of aryl methyl sites for hydroxylation is 1. The van der Waals surface area contributed by atoms with Crippen LogP contribution in [0.2, 0.25) is 0 Å². The second-order valence-electron chi connectivity index (χ2n) is 5.20. The summed E-state index contributed by atoms with van der Waals surface area (Å²) in [6, 6.07) is 14.5. The number of hydrogen-bond donors (Lipinski definition) is 2. The van der Waals surface area contributed by atoms with Crippen LogP contribution in [0.25, 0.3) is 0 Å². The van der Waals surface area contributed by atoms with Crippen molar-refractivity contribution < 1.29 is 13.0 Å². The van der Waals surface area contributed by atoms with Crippen LogP contribution in [0.15, 0.2) is 57.9 Å². The fourth-order valence-electron chi connectivity index (χ4n) is 2.00. The predicted octanol–water partition coefficient (Wildman–Crippen LogP) is 3.38. The van der Waals surface area contributed by atoms with Crippen molar-refractivity contribution in [3.8, 4) is 0 Å². The largest absolute Gasteiger partial charge is 0.315 e. The zero-order valence-corrected chi connectivity index (χ0v) is 14.6. The molecule has 1 saturated heterocycles. The average molecular weight is 384 g/mol. The molecule has 0 bridgehead atoms. The molecule has 4 nitrogen and oxygen atoms in total. The van der Waals surface area contributed by atoms with E-state index in [1.54, 1.807) is 12.1 Å². The topological polar surface area (TPSA) is 66.4 Å². The summed E-state index contributed by atoms with van der Waals surface area (Å²) >= 11 is 3.46. The summed E-state index contributed by atoms with van der Waals surface area (Å²) in [6.45, 7) is 4.11. The molecule has 1 aliphatic rings. The van der Waals surface area contributed by atoms with Crippen molar-refractivity contribution in [1.82, 2.24) is 5.32 Å². The summed E-state index contributed by atoms with van der Waals surface area (Å²) in [7, 11) is -4.02. The maximum atomic E-state index is 10.5. The third-order valence-corrected chi connectivity index (χ3v) is 4.78. The second-order valence-corrected chi connectivity index (χ2v) is 7.54. The summed E-state index contributed by atoms with van der Waals surface area (Å²) in [6.07, 6.45) is 0. The molecular weight excluding hydrogens is 366 g/mol. The van der Waals surface area contributed by atoms with Crippen molar-refractivity contribution in [3.63, 3.8) is 0 Å². The lowest BCUT2D eigenvalue weighted by atomic mass is 9.94.